The van der Waals surface area contributed by atoms with E-state index in [-0.39, 0.29) is 11.5 Å². The number of fused-ring (bicyclic) bond motifs is 1. The minimum atomic E-state index is -2.75. The first-order valence-electron chi connectivity index (χ1n) is 6.66. The van der Waals surface area contributed by atoms with Crippen molar-refractivity contribution in [2.75, 3.05) is 0 Å². The summed E-state index contributed by atoms with van der Waals surface area (Å²) in [7, 11) is -2.20. The lowest BCUT2D eigenvalue weighted by Crippen LogP contribution is -2.46. The maximum absolute atomic E-state index is 14.2. The molecule has 1 atom stereocenters. The Morgan fingerprint density at radius 2 is 2.00 bits per heavy atom. The van der Waals surface area contributed by atoms with Crippen LogP contribution in [0.5, 0.6) is 0 Å². The SMILES string of the molecule is CC(C)(C)[Si](C)(C)OC1c2ccsc2CCC1(F)F. The molecule has 0 saturated heterocycles. The lowest BCUT2D eigenvalue weighted by Gasteiger charge is -2.42. The fourth-order valence-corrected chi connectivity index (χ4v) is 4.20. The smallest absolute Gasteiger partial charge is 0.277 e. The second-order valence-electron chi connectivity index (χ2n) is 6.82. The number of hydrogen-bond donors (Lipinski definition) is 0. The largest absolute Gasteiger partial charge is 0.404 e. The van der Waals surface area contributed by atoms with E-state index in [1.54, 1.807) is 11.3 Å². The van der Waals surface area contributed by atoms with Crippen LogP contribution in [-0.4, -0.2) is 14.2 Å². The molecule has 5 heteroatoms. The van der Waals surface area contributed by atoms with Crippen LogP contribution in [0.2, 0.25) is 18.1 Å². The molecular formula is C14H22F2OSSi. The molecule has 0 fully saturated rings. The monoisotopic (exact) mass is 304 g/mol. The molecule has 0 bridgehead atoms. The van der Waals surface area contributed by atoms with Gasteiger partial charge in [0.25, 0.3) is 5.92 Å². The van der Waals surface area contributed by atoms with Gasteiger partial charge >= 0.3 is 0 Å². The summed E-state index contributed by atoms with van der Waals surface area (Å²) >= 11 is 1.57. The summed E-state index contributed by atoms with van der Waals surface area (Å²) in [5.41, 5.74) is 0.714. The molecule has 2 rings (SSSR count). The number of rotatable bonds is 2. The Bertz CT molecular complexity index is 462. The summed E-state index contributed by atoms with van der Waals surface area (Å²) in [4.78, 5) is 1.06. The number of aryl methyl sites for hydroxylation is 1. The molecule has 0 amide bonds. The molecule has 0 N–H and O–H groups in total. The van der Waals surface area contributed by atoms with E-state index in [0.29, 0.717) is 12.0 Å². The van der Waals surface area contributed by atoms with Crippen molar-refractivity contribution in [3.63, 3.8) is 0 Å². The molecule has 1 aliphatic carbocycles. The fourth-order valence-electron chi connectivity index (χ4n) is 2.05. The average Bonchev–Trinajstić information content (AvgIpc) is 2.68. The number of halogens is 2. The van der Waals surface area contributed by atoms with Crippen molar-refractivity contribution in [2.24, 2.45) is 0 Å². The van der Waals surface area contributed by atoms with Crippen LogP contribution in [0.3, 0.4) is 0 Å². The number of alkyl halides is 2. The summed E-state index contributed by atoms with van der Waals surface area (Å²) in [6, 6.07) is 1.81. The first-order valence-corrected chi connectivity index (χ1v) is 10.5. The Morgan fingerprint density at radius 3 is 2.58 bits per heavy atom. The van der Waals surface area contributed by atoms with E-state index in [0.717, 1.165) is 4.88 Å². The molecule has 108 valence electrons. The van der Waals surface area contributed by atoms with E-state index in [9.17, 15) is 8.78 Å². The van der Waals surface area contributed by atoms with Crippen LogP contribution in [0.4, 0.5) is 8.78 Å². The third-order valence-corrected chi connectivity index (χ3v) is 9.78. The molecular weight excluding hydrogens is 282 g/mol. The normalized spacial score (nSPS) is 23.2. The van der Waals surface area contributed by atoms with Crippen molar-refractivity contribution in [1.29, 1.82) is 0 Å². The Balaban J connectivity index is 2.33. The molecule has 1 unspecified atom stereocenters. The molecule has 1 heterocycles. The van der Waals surface area contributed by atoms with Crippen molar-refractivity contribution in [3.8, 4) is 0 Å². The van der Waals surface area contributed by atoms with Crippen molar-refractivity contribution in [3.05, 3.63) is 21.9 Å². The van der Waals surface area contributed by atoms with Gasteiger partial charge in [-0.15, -0.1) is 11.3 Å². The highest BCUT2D eigenvalue weighted by Crippen LogP contribution is 2.49. The Morgan fingerprint density at radius 1 is 1.37 bits per heavy atom. The highest BCUT2D eigenvalue weighted by atomic mass is 32.1. The third-order valence-electron chi connectivity index (χ3n) is 4.35. The summed E-state index contributed by atoms with van der Waals surface area (Å²) in [6.45, 7) is 10.3. The zero-order valence-corrected chi connectivity index (χ0v) is 14.0. The van der Waals surface area contributed by atoms with Gasteiger partial charge in [-0.3, -0.25) is 0 Å². The lowest BCUT2D eigenvalue weighted by atomic mass is 9.93. The average molecular weight is 304 g/mol. The van der Waals surface area contributed by atoms with Crippen LogP contribution in [0, 0.1) is 0 Å². The van der Waals surface area contributed by atoms with Gasteiger partial charge in [-0.25, -0.2) is 8.78 Å². The van der Waals surface area contributed by atoms with Crippen LogP contribution in [0.15, 0.2) is 11.4 Å². The Labute approximate surface area is 119 Å². The van der Waals surface area contributed by atoms with Crippen molar-refractivity contribution in [1.82, 2.24) is 0 Å². The van der Waals surface area contributed by atoms with Crippen molar-refractivity contribution < 1.29 is 13.2 Å². The molecule has 0 radical (unpaired) electrons. The maximum Gasteiger partial charge on any atom is 0.277 e. The highest BCUT2D eigenvalue weighted by Gasteiger charge is 2.50. The van der Waals surface area contributed by atoms with Gasteiger partial charge in [-0.05, 0) is 41.6 Å². The summed E-state index contributed by atoms with van der Waals surface area (Å²) in [6.07, 6.45) is -0.680. The standard InChI is InChI=1S/C14H22F2OSSi/c1-13(2,3)19(4,5)17-12-10-7-9-18-11(10)6-8-14(12,15)16/h7,9,12H,6,8H2,1-5H3. The first-order chi connectivity index (χ1) is 8.55. The van der Waals surface area contributed by atoms with E-state index in [1.807, 2.05) is 24.5 Å². The first kappa shape index (κ1) is 15.1. The molecule has 0 spiro atoms. The highest BCUT2D eigenvalue weighted by molar-refractivity contribution is 7.10. The second-order valence-corrected chi connectivity index (χ2v) is 12.6. The minimum absolute atomic E-state index is 0.0588. The van der Waals surface area contributed by atoms with Gasteiger partial charge in [0.15, 0.2) is 8.32 Å². The molecule has 0 saturated carbocycles. The summed E-state index contributed by atoms with van der Waals surface area (Å²) < 4.78 is 34.5. The van der Waals surface area contributed by atoms with Gasteiger partial charge in [0, 0.05) is 11.3 Å². The van der Waals surface area contributed by atoms with Crippen molar-refractivity contribution in [2.45, 2.75) is 63.8 Å². The molecule has 1 nitrogen and oxygen atoms in total. The van der Waals surface area contributed by atoms with Crippen LogP contribution in [-0.2, 0) is 10.8 Å². The number of hydrogen-bond acceptors (Lipinski definition) is 2. The minimum Gasteiger partial charge on any atom is -0.404 e. The van der Waals surface area contributed by atoms with E-state index in [4.69, 9.17) is 4.43 Å². The Kier molecular flexibility index (Phi) is 3.69. The number of thiophene rings is 1. The quantitative estimate of drug-likeness (QED) is 0.665. The molecule has 0 aromatic carbocycles. The molecule has 1 aromatic rings. The molecule has 0 aliphatic heterocycles. The lowest BCUT2D eigenvalue weighted by molar-refractivity contribution is -0.114. The molecule has 1 aromatic heterocycles. The van der Waals surface area contributed by atoms with Crippen LogP contribution in [0.1, 0.15) is 43.7 Å². The van der Waals surface area contributed by atoms with Crippen molar-refractivity contribution >= 4 is 19.7 Å². The summed E-state index contributed by atoms with van der Waals surface area (Å²) in [5, 5.41) is 1.84. The topological polar surface area (TPSA) is 9.23 Å². The van der Waals surface area contributed by atoms with Crippen LogP contribution < -0.4 is 0 Å². The van der Waals surface area contributed by atoms with E-state index in [2.05, 4.69) is 20.8 Å². The second kappa shape index (κ2) is 4.64. The fraction of sp³-hybridized carbons (Fsp3) is 0.714. The Hall–Kier alpha value is -0.263. The third kappa shape index (κ3) is 2.78. The van der Waals surface area contributed by atoms with E-state index in [1.165, 1.54) is 0 Å². The van der Waals surface area contributed by atoms with E-state index < -0.39 is 20.3 Å². The van der Waals surface area contributed by atoms with Gasteiger partial charge < -0.3 is 4.43 Å². The predicted molar refractivity (Wildman–Crippen MR) is 78.6 cm³/mol. The van der Waals surface area contributed by atoms with E-state index >= 15 is 0 Å². The van der Waals surface area contributed by atoms with Gasteiger partial charge in [0.2, 0.25) is 0 Å². The predicted octanol–water partition coefficient (Wildman–Crippen LogP) is 5.39. The van der Waals surface area contributed by atoms with Crippen LogP contribution >= 0.6 is 11.3 Å². The maximum atomic E-state index is 14.2. The zero-order chi connectivity index (χ0) is 14.5. The molecule has 19 heavy (non-hydrogen) atoms. The van der Waals surface area contributed by atoms with Crippen LogP contribution in [0.25, 0.3) is 0 Å². The molecule has 1 aliphatic rings. The van der Waals surface area contributed by atoms with Gasteiger partial charge in [0.05, 0.1) is 0 Å². The van der Waals surface area contributed by atoms with Gasteiger partial charge in [-0.1, -0.05) is 20.8 Å². The van der Waals surface area contributed by atoms with Gasteiger partial charge in [-0.2, -0.15) is 0 Å². The zero-order valence-electron chi connectivity index (χ0n) is 12.2. The van der Waals surface area contributed by atoms with Gasteiger partial charge in [0.1, 0.15) is 6.10 Å². The summed E-state index contributed by atoms with van der Waals surface area (Å²) in [5.74, 6) is -2.75.